The summed E-state index contributed by atoms with van der Waals surface area (Å²) in [5.74, 6) is 0.481. The molecule has 4 heteroatoms. The second-order valence-corrected chi connectivity index (χ2v) is 6.87. The van der Waals surface area contributed by atoms with Crippen molar-refractivity contribution in [2.24, 2.45) is 0 Å². The molecule has 1 fully saturated rings. The molecule has 1 heterocycles. The van der Waals surface area contributed by atoms with Gasteiger partial charge >= 0.3 is 0 Å². The molecule has 0 bridgehead atoms. The largest absolute Gasteiger partial charge is 0.379 e. The van der Waals surface area contributed by atoms with Gasteiger partial charge in [-0.05, 0) is 37.5 Å². The summed E-state index contributed by atoms with van der Waals surface area (Å²) in [6, 6.07) is 7.89. The SMILES string of the molecule is CC(C)c1ccc(C(=O)NCC(C)(C)N2CCOCC2)cc1. The molecule has 1 aromatic carbocycles. The summed E-state index contributed by atoms with van der Waals surface area (Å²) in [6.45, 7) is 12.7. The summed E-state index contributed by atoms with van der Waals surface area (Å²) in [5.41, 5.74) is 1.92. The lowest BCUT2D eigenvalue weighted by atomic mass is 10.0. The molecule has 4 nitrogen and oxygen atoms in total. The van der Waals surface area contributed by atoms with Crippen LogP contribution in [0, 0.1) is 0 Å². The second kappa shape index (κ2) is 7.25. The molecule has 1 saturated heterocycles. The van der Waals surface area contributed by atoms with Crippen molar-refractivity contribution in [3.05, 3.63) is 35.4 Å². The number of carbonyl (C=O) groups is 1. The van der Waals surface area contributed by atoms with Gasteiger partial charge in [-0.15, -0.1) is 0 Å². The van der Waals surface area contributed by atoms with Gasteiger partial charge < -0.3 is 10.1 Å². The zero-order valence-electron chi connectivity index (χ0n) is 14.2. The molecule has 0 aliphatic carbocycles. The third-order valence-electron chi connectivity index (χ3n) is 4.39. The Kier molecular flexibility index (Phi) is 5.59. The van der Waals surface area contributed by atoms with Crippen molar-refractivity contribution in [1.82, 2.24) is 10.2 Å². The molecule has 0 saturated carbocycles. The molecule has 1 aromatic rings. The summed E-state index contributed by atoms with van der Waals surface area (Å²) < 4.78 is 5.39. The Balaban J connectivity index is 1.91. The van der Waals surface area contributed by atoms with Crippen LogP contribution in [0.1, 0.15) is 49.5 Å². The number of hydrogen-bond acceptors (Lipinski definition) is 3. The molecule has 1 aliphatic rings. The van der Waals surface area contributed by atoms with Crippen molar-refractivity contribution in [2.45, 2.75) is 39.2 Å². The molecular weight excluding hydrogens is 276 g/mol. The third kappa shape index (κ3) is 4.31. The first-order valence-electron chi connectivity index (χ1n) is 8.11. The highest BCUT2D eigenvalue weighted by Gasteiger charge is 2.28. The van der Waals surface area contributed by atoms with Crippen LogP contribution in [-0.2, 0) is 4.74 Å². The van der Waals surface area contributed by atoms with Crippen LogP contribution in [-0.4, -0.2) is 49.2 Å². The van der Waals surface area contributed by atoms with Gasteiger partial charge in [-0.1, -0.05) is 26.0 Å². The topological polar surface area (TPSA) is 41.6 Å². The number of nitrogens with one attached hydrogen (secondary N) is 1. The number of morpholine rings is 1. The average Bonchev–Trinajstić information content (AvgIpc) is 2.53. The zero-order chi connectivity index (χ0) is 16.2. The summed E-state index contributed by atoms with van der Waals surface area (Å²) in [6.07, 6.45) is 0. The maximum Gasteiger partial charge on any atom is 0.251 e. The highest BCUT2D eigenvalue weighted by Crippen LogP contribution is 2.17. The molecule has 1 amide bonds. The normalized spacial score (nSPS) is 16.8. The van der Waals surface area contributed by atoms with E-state index in [2.05, 4.69) is 37.9 Å². The lowest BCUT2D eigenvalue weighted by Gasteiger charge is -2.40. The van der Waals surface area contributed by atoms with Crippen LogP contribution in [0.5, 0.6) is 0 Å². The lowest BCUT2D eigenvalue weighted by molar-refractivity contribution is -0.00923. The predicted molar refractivity (Wildman–Crippen MR) is 89.3 cm³/mol. The lowest BCUT2D eigenvalue weighted by Crippen LogP contribution is -2.55. The van der Waals surface area contributed by atoms with Crippen LogP contribution in [0.15, 0.2) is 24.3 Å². The van der Waals surface area contributed by atoms with Crippen LogP contribution < -0.4 is 5.32 Å². The van der Waals surface area contributed by atoms with Crippen LogP contribution in [0.25, 0.3) is 0 Å². The van der Waals surface area contributed by atoms with Gasteiger partial charge in [0.15, 0.2) is 0 Å². The Morgan fingerprint density at radius 3 is 2.36 bits per heavy atom. The van der Waals surface area contributed by atoms with Gasteiger partial charge in [-0.3, -0.25) is 9.69 Å². The summed E-state index contributed by atoms with van der Waals surface area (Å²) in [4.78, 5) is 14.7. The van der Waals surface area contributed by atoms with Crippen molar-refractivity contribution in [3.63, 3.8) is 0 Å². The monoisotopic (exact) mass is 304 g/mol. The molecule has 0 atom stereocenters. The predicted octanol–water partition coefficient (Wildman–Crippen LogP) is 2.65. The number of hydrogen-bond donors (Lipinski definition) is 1. The van der Waals surface area contributed by atoms with E-state index in [1.54, 1.807) is 0 Å². The summed E-state index contributed by atoms with van der Waals surface area (Å²) >= 11 is 0. The molecule has 2 rings (SSSR count). The molecule has 1 aliphatic heterocycles. The van der Waals surface area contributed by atoms with E-state index in [4.69, 9.17) is 4.74 Å². The minimum atomic E-state index is -0.0582. The van der Waals surface area contributed by atoms with E-state index in [9.17, 15) is 4.79 Å². The van der Waals surface area contributed by atoms with Crippen molar-refractivity contribution in [1.29, 1.82) is 0 Å². The standard InChI is InChI=1S/C18H28N2O2/c1-14(2)15-5-7-16(8-6-15)17(21)19-13-18(3,4)20-9-11-22-12-10-20/h5-8,14H,9-13H2,1-4H3,(H,19,21). The number of amides is 1. The Hall–Kier alpha value is -1.39. The van der Waals surface area contributed by atoms with Gasteiger partial charge in [0, 0.05) is 30.7 Å². The second-order valence-electron chi connectivity index (χ2n) is 6.87. The van der Waals surface area contributed by atoms with E-state index in [1.807, 2.05) is 24.3 Å². The minimum Gasteiger partial charge on any atom is -0.379 e. The number of benzene rings is 1. The van der Waals surface area contributed by atoms with Crippen LogP contribution >= 0.6 is 0 Å². The quantitative estimate of drug-likeness (QED) is 0.909. The number of ether oxygens (including phenoxy) is 1. The van der Waals surface area contributed by atoms with Crippen LogP contribution in [0.2, 0.25) is 0 Å². The molecule has 0 unspecified atom stereocenters. The van der Waals surface area contributed by atoms with Gasteiger partial charge in [0.2, 0.25) is 0 Å². The van der Waals surface area contributed by atoms with E-state index in [0.717, 1.165) is 31.9 Å². The van der Waals surface area contributed by atoms with Gasteiger partial charge in [0.25, 0.3) is 5.91 Å². The molecule has 22 heavy (non-hydrogen) atoms. The molecule has 0 radical (unpaired) electrons. The summed E-state index contributed by atoms with van der Waals surface area (Å²) in [5, 5.41) is 3.06. The average molecular weight is 304 g/mol. The van der Waals surface area contributed by atoms with Gasteiger partial charge in [0.05, 0.1) is 13.2 Å². The minimum absolute atomic E-state index is 0.00311. The third-order valence-corrected chi connectivity index (χ3v) is 4.39. The maximum absolute atomic E-state index is 12.3. The van der Waals surface area contributed by atoms with Crippen molar-refractivity contribution >= 4 is 5.91 Å². The zero-order valence-corrected chi connectivity index (χ0v) is 14.2. The van der Waals surface area contributed by atoms with Crippen LogP contribution in [0.3, 0.4) is 0 Å². The maximum atomic E-state index is 12.3. The highest BCUT2D eigenvalue weighted by atomic mass is 16.5. The number of carbonyl (C=O) groups excluding carboxylic acids is 1. The molecular formula is C18H28N2O2. The van der Waals surface area contributed by atoms with Gasteiger partial charge in [0.1, 0.15) is 0 Å². The fourth-order valence-corrected chi connectivity index (χ4v) is 2.70. The van der Waals surface area contributed by atoms with E-state index in [-0.39, 0.29) is 11.4 Å². The Labute approximate surface area is 133 Å². The first-order chi connectivity index (χ1) is 10.4. The van der Waals surface area contributed by atoms with E-state index < -0.39 is 0 Å². The summed E-state index contributed by atoms with van der Waals surface area (Å²) in [7, 11) is 0. The van der Waals surface area contributed by atoms with Crippen molar-refractivity contribution in [3.8, 4) is 0 Å². The van der Waals surface area contributed by atoms with Gasteiger partial charge in [-0.2, -0.15) is 0 Å². The van der Waals surface area contributed by atoms with Crippen molar-refractivity contribution < 1.29 is 9.53 Å². The fraction of sp³-hybridized carbons (Fsp3) is 0.611. The molecule has 0 aromatic heterocycles. The smallest absolute Gasteiger partial charge is 0.251 e. The Morgan fingerprint density at radius 2 is 1.82 bits per heavy atom. The van der Waals surface area contributed by atoms with E-state index in [0.29, 0.717) is 12.5 Å². The Morgan fingerprint density at radius 1 is 1.23 bits per heavy atom. The first kappa shape index (κ1) is 17.0. The molecule has 1 N–H and O–H groups in total. The number of nitrogens with zero attached hydrogens (tertiary/aromatic N) is 1. The van der Waals surface area contributed by atoms with E-state index in [1.165, 1.54) is 5.56 Å². The first-order valence-corrected chi connectivity index (χ1v) is 8.11. The van der Waals surface area contributed by atoms with Gasteiger partial charge in [-0.25, -0.2) is 0 Å². The van der Waals surface area contributed by atoms with Crippen molar-refractivity contribution in [2.75, 3.05) is 32.8 Å². The fourth-order valence-electron chi connectivity index (χ4n) is 2.70. The Bertz CT molecular complexity index is 488. The molecule has 122 valence electrons. The van der Waals surface area contributed by atoms with E-state index >= 15 is 0 Å². The molecule has 0 spiro atoms. The van der Waals surface area contributed by atoms with Crippen LogP contribution in [0.4, 0.5) is 0 Å². The number of rotatable bonds is 5. The highest BCUT2D eigenvalue weighted by molar-refractivity contribution is 5.94.